The molecule has 0 amide bonds. The molecule has 0 aliphatic heterocycles. The van der Waals surface area contributed by atoms with E-state index >= 15 is 0 Å². The monoisotopic (exact) mass is 253 g/mol. The predicted molar refractivity (Wildman–Crippen MR) is 64.9 cm³/mol. The molecule has 0 aliphatic carbocycles. The van der Waals surface area contributed by atoms with Crippen LogP contribution >= 0.6 is 35.6 Å². The van der Waals surface area contributed by atoms with Gasteiger partial charge in [-0.25, -0.2) is 0 Å². The Balaban J connectivity index is 0.00000169. The van der Waals surface area contributed by atoms with E-state index in [9.17, 15) is 0 Å². The number of para-hydroxylation sites is 1. The first-order valence-corrected chi connectivity index (χ1v) is 4.34. The van der Waals surface area contributed by atoms with Crippen molar-refractivity contribution in [2.45, 2.75) is 0 Å². The van der Waals surface area contributed by atoms with Crippen LogP contribution in [0.4, 0.5) is 5.69 Å². The number of nitrogens with one attached hydrogen (secondary N) is 1. The number of aliphatic imine (C=N–C) groups is 1. The van der Waals surface area contributed by atoms with Gasteiger partial charge in [0.05, 0.1) is 15.7 Å². The molecule has 0 bridgehead atoms. The van der Waals surface area contributed by atoms with Crippen LogP contribution in [-0.2, 0) is 0 Å². The van der Waals surface area contributed by atoms with Gasteiger partial charge in [-0.15, -0.1) is 12.4 Å². The highest BCUT2D eigenvalue weighted by Gasteiger charge is 2.04. The summed E-state index contributed by atoms with van der Waals surface area (Å²) < 4.78 is 0. The SMILES string of the molecule is CN=C(N)Nc1c(Cl)cccc1Cl.Cl. The van der Waals surface area contributed by atoms with Crippen LogP contribution in [0, 0.1) is 0 Å². The van der Waals surface area contributed by atoms with E-state index in [1.165, 1.54) is 0 Å². The highest BCUT2D eigenvalue weighted by Crippen LogP contribution is 2.29. The number of benzene rings is 1. The van der Waals surface area contributed by atoms with E-state index in [1.807, 2.05) is 0 Å². The second-order valence-corrected chi connectivity index (χ2v) is 3.14. The number of guanidine groups is 1. The Bertz CT molecular complexity index is 318. The van der Waals surface area contributed by atoms with Gasteiger partial charge < -0.3 is 11.1 Å². The average Bonchev–Trinajstić information content (AvgIpc) is 2.11. The Hall–Kier alpha value is -0.640. The molecule has 0 fully saturated rings. The Morgan fingerprint density at radius 2 is 1.86 bits per heavy atom. The summed E-state index contributed by atoms with van der Waals surface area (Å²) in [6, 6.07) is 5.20. The zero-order valence-corrected chi connectivity index (χ0v) is 9.75. The van der Waals surface area contributed by atoms with Crippen molar-refractivity contribution in [3.63, 3.8) is 0 Å². The second kappa shape index (κ2) is 5.96. The first kappa shape index (κ1) is 13.4. The molecule has 0 heterocycles. The van der Waals surface area contributed by atoms with Gasteiger partial charge in [-0.05, 0) is 12.1 Å². The Morgan fingerprint density at radius 1 is 1.36 bits per heavy atom. The average molecular weight is 255 g/mol. The quantitative estimate of drug-likeness (QED) is 0.598. The standard InChI is InChI=1S/C8H9Cl2N3.ClH/c1-12-8(11)13-7-5(9)3-2-4-6(7)10;/h2-4H,1H3,(H3,11,12,13);1H. The third-order valence-electron chi connectivity index (χ3n) is 1.46. The van der Waals surface area contributed by atoms with Gasteiger partial charge in [0.1, 0.15) is 0 Å². The third kappa shape index (κ3) is 3.25. The van der Waals surface area contributed by atoms with Crippen LogP contribution in [0.2, 0.25) is 10.0 Å². The second-order valence-electron chi connectivity index (χ2n) is 2.33. The minimum absolute atomic E-state index is 0. The van der Waals surface area contributed by atoms with E-state index in [2.05, 4.69) is 10.3 Å². The van der Waals surface area contributed by atoms with E-state index in [0.29, 0.717) is 15.7 Å². The molecule has 0 radical (unpaired) electrons. The molecule has 3 nitrogen and oxygen atoms in total. The van der Waals surface area contributed by atoms with Crippen molar-refractivity contribution in [2.24, 2.45) is 10.7 Å². The van der Waals surface area contributed by atoms with Crippen molar-refractivity contribution in [1.82, 2.24) is 0 Å². The smallest absolute Gasteiger partial charge is 0.192 e. The molecule has 3 N–H and O–H groups in total. The number of nitrogens with two attached hydrogens (primary N) is 1. The van der Waals surface area contributed by atoms with Gasteiger partial charge in [-0.1, -0.05) is 29.3 Å². The molecule has 1 aromatic carbocycles. The lowest BCUT2D eigenvalue weighted by Crippen LogP contribution is -2.22. The summed E-state index contributed by atoms with van der Waals surface area (Å²) >= 11 is 11.7. The molecule has 0 saturated carbocycles. The van der Waals surface area contributed by atoms with E-state index in [0.717, 1.165) is 0 Å². The van der Waals surface area contributed by atoms with Crippen molar-refractivity contribution in [1.29, 1.82) is 0 Å². The molecule has 0 aromatic heterocycles. The van der Waals surface area contributed by atoms with Gasteiger partial charge in [0.25, 0.3) is 0 Å². The molecule has 78 valence electrons. The highest BCUT2D eigenvalue weighted by atomic mass is 35.5. The molecule has 0 spiro atoms. The zero-order valence-electron chi connectivity index (χ0n) is 7.42. The van der Waals surface area contributed by atoms with Gasteiger partial charge in [-0.3, -0.25) is 4.99 Å². The highest BCUT2D eigenvalue weighted by molar-refractivity contribution is 6.39. The van der Waals surface area contributed by atoms with Gasteiger partial charge in [0.15, 0.2) is 5.96 Å². The molecule has 14 heavy (non-hydrogen) atoms. The predicted octanol–water partition coefficient (Wildman–Crippen LogP) is 2.77. The van der Waals surface area contributed by atoms with Crippen molar-refractivity contribution in [3.8, 4) is 0 Å². The minimum atomic E-state index is 0. The zero-order chi connectivity index (χ0) is 9.84. The lowest BCUT2D eigenvalue weighted by molar-refractivity contribution is 1.38. The van der Waals surface area contributed by atoms with Crippen molar-refractivity contribution in [3.05, 3.63) is 28.2 Å². The fourth-order valence-electron chi connectivity index (χ4n) is 0.801. The number of hydrogen-bond acceptors (Lipinski definition) is 1. The van der Waals surface area contributed by atoms with Crippen LogP contribution in [-0.4, -0.2) is 13.0 Å². The molecule has 1 aromatic rings. The Kier molecular flexibility index (Phi) is 5.69. The topological polar surface area (TPSA) is 50.4 Å². The van der Waals surface area contributed by atoms with E-state index < -0.39 is 0 Å². The maximum absolute atomic E-state index is 5.87. The minimum Gasteiger partial charge on any atom is -0.370 e. The summed E-state index contributed by atoms with van der Waals surface area (Å²) in [7, 11) is 1.58. The fraction of sp³-hybridized carbons (Fsp3) is 0.125. The first-order valence-electron chi connectivity index (χ1n) is 3.58. The normalized spacial score (nSPS) is 10.6. The van der Waals surface area contributed by atoms with Crippen LogP contribution in [0.25, 0.3) is 0 Å². The van der Waals surface area contributed by atoms with Crippen LogP contribution in [0.15, 0.2) is 23.2 Å². The lowest BCUT2D eigenvalue weighted by Gasteiger charge is -2.08. The van der Waals surface area contributed by atoms with Crippen molar-refractivity contribution >= 4 is 47.3 Å². The Morgan fingerprint density at radius 3 is 2.29 bits per heavy atom. The number of anilines is 1. The summed E-state index contributed by atoms with van der Waals surface area (Å²) in [6.07, 6.45) is 0. The molecular weight excluding hydrogens is 244 g/mol. The molecule has 0 saturated heterocycles. The fourth-order valence-corrected chi connectivity index (χ4v) is 1.29. The van der Waals surface area contributed by atoms with Crippen molar-refractivity contribution in [2.75, 3.05) is 12.4 Å². The number of rotatable bonds is 1. The summed E-state index contributed by atoms with van der Waals surface area (Å²) in [5.41, 5.74) is 6.04. The summed E-state index contributed by atoms with van der Waals surface area (Å²) in [4.78, 5) is 3.73. The lowest BCUT2D eigenvalue weighted by atomic mass is 10.3. The molecular formula is C8H10Cl3N3. The van der Waals surface area contributed by atoms with Crippen LogP contribution < -0.4 is 11.1 Å². The molecule has 0 atom stereocenters. The number of halogens is 3. The van der Waals surface area contributed by atoms with Crippen LogP contribution in [0.1, 0.15) is 0 Å². The van der Waals surface area contributed by atoms with Gasteiger partial charge in [0.2, 0.25) is 0 Å². The van der Waals surface area contributed by atoms with Gasteiger partial charge >= 0.3 is 0 Å². The summed E-state index contributed by atoms with van der Waals surface area (Å²) in [5.74, 6) is 0.273. The van der Waals surface area contributed by atoms with Gasteiger partial charge in [-0.2, -0.15) is 0 Å². The number of nitrogens with zero attached hydrogens (tertiary/aromatic N) is 1. The third-order valence-corrected chi connectivity index (χ3v) is 2.09. The van der Waals surface area contributed by atoms with E-state index in [4.69, 9.17) is 28.9 Å². The number of hydrogen-bond donors (Lipinski definition) is 2. The Labute approximate surface area is 98.7 Å². The maximum Gasteiger partial charge on any atom is 0.192 e. The van der Waals surface area contributed by atoms with Gasteiger partial charge in [0, 0.05) is 7.05 Å². The largest absolute Gasteiger partial charge is 0.370 e. The first-order chi connectivity index (χ1) is 6.15. The van der Waals surface area contributed by atoms with E-state index in [1.54, 1.807) is 25.2 Å². The molecule has 0 unspecified atom stereocenters. The van der Waals surface area contributed by atoms with Crippen LogP contribution in [0.5, 0.6) is 0 Å². The summed E-state index contributed by atoms with van der Waals surface area (Å²) in [5, 5.41) is 3.82. The molecule has 6 heteroatoms. The summed E-state index contributed by atoms with van der Waals surface area (Å²) in [6.45, 7) is 0. The van der Waals surface area contributed by atoms with Crippen LogP contribution in [0.3, 0.4) is 0 Å². The molecule has 0 aliphatic rings. The maximum atomic E-state index is 5.87. The van der Waals surface area contributed by atoms with E-state index in [-0.39, 0.29) is 18.4 Å². The van der Waals surface area contributed by atoms with Crippen molar-refractivity contribution < 1.29 is 0 Å². The molecule has 1 rings (SSSR count).